The van der Waals surface area contributed by atoms with E-state index in [1.807, 2.05) is 0 Å². The summed E-state index contributed by atoms with van der Waals surface area (Å²) in [6, 6.07) is 10.6. The Hall–Kier alpha value is -3.41. The van der Waals surface area contributed by atoms with Crippen LogP contribution in [-0.2, 0) is 19.8 Å². The van der Waals surface area contributed by atoms with Gasteiger partial charge in [-0.25, -0.2) is 4.79 Å². The number of rotatable bonds is 6. The number of aryl methyl sites for hydroxylation is 2. The Kier molecular flexibility index (Phi) is 7.06. The normalized spacial score (nSPS) is 11.2. The molecule has 2 amide bonds. The molecule has 2 aromatic carbocycles. The summed E-state index contributed by atoms with van der Waals surface area (Å²) in [7, 11) is 2.60. The molecule has 0 radical (unpaired) electrons. The van der Waals surface area contributed by atoms with Crippen molar-refractivity contribution in [3.63, 3.8) is 0 Å². The number of aromatic nitrogens is 2. The second-order valence-electron chi connectivity index (χ2n) is 7.12. The Labute approximate surface area is 195 Å². The van der Waals surface area contributed by atoms with Crippen molar-refractivity contribution in [3.05, 3.63) is 63.8 Å². The largest absolute Gasteiger partial charge is 0.489 e. The first-order valence-corrected chi connectivity index (χ1v) is 10.3. The maximum atomic E-state index is 13.1. The SMILES string of the molecule is Cc1cc(-c2cc(C(F)(F)F)n(C)n2)ccc1OCc1c(Br)cccc1NC(=O)N(C)N=N. The van der Waals surface area contributed by atoms with Crippen molar-refractivity contribution in [3.8, 4) is 17.0 Å². The van der Waals surface area contributed by atoms with E-state index in [1.165, 1.54) is 14.1 Å². The molecule has 8 nitrogen and oxygen atoms in total. The molecule has 0 unspecified atom stereocenters. The fourth-order valence-corrected chi connectivity index (χ4v) is 3.54. The molecule has 0 aliphatic rings. The standard InChI is InChI=1S/C21H20BrF3N6O2/c1-12-9-13(17-10-19(21(23,24)25)30(2)28-17)7-8-18(12)33-11-14-15(22)5-4-6-16(14)27-20(32)31(3)29-26/h4-10,26H,11H2,1-3H3,(H,27,32). The van der Waals surface area contributed by atoms with Crippen molar-refractivity contribution in [2.24, 2.45) is 12.3 Å². The highest BCUT2D eigenvalue weighted by atomic mass is 79.9. The summed E-state index contributed by atoms with van der Waals surface area (Å²) in [5.41, 5.74) is 8.69. The van der Waals surface area contributed by atoms with E-state index in [-0.39, 0.29) is 12.3 Å². The molecule has 33 heavy (non-hydrogen) atoms. The Morgan fingerprint density at radius 2 is 2.03 bits per heavy atom. The van der Waals surface area contributed by atoms with Crippen LogP contribution in [0.4, 0.5) is 23.7 Å². The number of ether oxygens (including phenoxy) is 1. The molecule has 0 saturated carbocycles. The van der Waals surface area contributed by atoms with Gasteiger partial charge in [0.05, 0.1) is 11.4 Å². The van der Waals surface area contributed by atoms with Gasteiger partial charge in [0, 0.05) is 29.7 Å². The van der Waals surface area contributed by atoms with Crippen LogP contribution in [0.25, 0.3) is 11.3 Å². The summed E-state index contributed by atoms with van der Waals surface area (Å²) in [6.07, 6.45) is -4.49. The first kappa shape index (κ1) is 24.2. The number of nitrogens with one attached hydrogen (secondary N) is 2. The van der Waals surface area contributed by atoms with Gasteiger partial charge in [0.25, 0.3) is 0 Å². The van der Waals surface area contributed by atoms with Gasteiger partial charge in [-0.2, -0.15) is 28.8 Å². The lowest BCUT2D eigenvalue weighted by molar-refractivity contribution is -0.143. The summed E-state index contributed by atoms with van der Waals surface area (Å²) in [5.74, 6) is 0.525. The van der Waals surface area contributed by atoms with Crippen molar-refractivity contribution in [1.29, 1.82) is 5.53 Å². The second kappa shape index (κ2) is 9.61. The van der Waals surface area contributed by atoms with Crippen LogP contribution in [0.5, 0.6) is 5.75 Å². The minimum Gasteiger partial charge on any atom is -0.489 e. The molecular formula is C21H20BrF3N6O2. The number of urea groups is 1. The van der Waals surface area contributed by atoms with Crippen LogP contribution in [0.2, 0.25) is 0 Å². The lowest BCUT2D eigenvalue weighted by Gasteiger charge is -2.16. The van der Waals surface area contributed by atoms with E-state index in [0.717, 1.165) is 15.8 Å². The van der Waals surface area contributed by atoms with Crippen molar-refractivity contribution in [2.45, 2.75) is 19.7 Å². The summed E-state index contributed by atoms with van der Waals surface area (Å²) in [4.78, 5) is 12.1. The minimum absolute atomic E-state index is 0.0980. The van der Waals surface area contributed by atoms with Gasteiger partial charge in [-0.15, -0.1) is 0 Å². The van der Waals surface area contributed by atoms with E-state index in [2.05, 4.69) is 31.6 Å². The number of alkyl halides is 3. The Morgan fingerprint density at radius 1 is 1.30 bits per heavy atom. The highest BCUT2D eigenvalue weighted by Crippen LogP contribution is 2.33. The zero-order valence-electron chi connectivity index (χ0n) is 17.9. The Bertz CT molecular complexity index is 1200. The van der Waals surface area contributed by atoms with E-state index in [0.29, 0.717) is 32.6 Å². The van der Waals surface area contributed by atoms with E-state index >= 15 is 0 Å². The Morgan fingerprint density at radius 3 is 2.64 bits per heavy atom. The molecule has 0 saturated heterocycles. The van der Waals surface area contributed by atoms with Gasteiger partial charge in [-0.1, -0.05) is 27.2 Å². The number of carbonyl (C=O) groups excluding carboxylic acids is 1. The third-order valence-electron chi connectivity index (χ3n) is 4.82. The van der Waals surface area contributed by atoms with Crippen molar-refractivity contribution in [2.75, 3.05) is 12.4 Å². The maximum Gasteiger partial charge on any atom is 0.433 e. The molecule has 0 bridgehead atoms. The first-order valence-electron chi connectivity index (χ1n) is 9.55. The Balaban J connectivity index is 1.80. The summed E-state index contributed by atoms with van der Waals surface area (Å²) >= 11 is 3.44. The van der Waals surface area contributed by atoms with Crippen LogP contribution in [0.3, 0.4) is 0 Å². The van der Waals surface area contributed by atoms with Crippen LogP contribution < -0.4 is 10.1 Å². The van der Waals surface area contributed by atoms with Gasteiger partial charge in [0.1, 0.15) is 18.1 Å². The third-order valence-corrected chi connectivity index (χ3v) is 5.56. The molecule has 0 fully saturated rings. The molecule has 0 spiro atoms. The molecule has 174 valence electrons. The second-order valence-corrected chi connectivity index (χ2v) is 7.98. The monoisotopic (exact) mass is 524 g/mol. The number of hydrogen-bond acceptors (Lipinski definition) is 5. The number of halogens is 4. The predicted molar refractivity (Wildman–Crippen MR) is 119 cm³/mol. The molecule has 1 aromatic heterocycles. The first-order chi connectivity index (χ1) is 15.5. The number of nitrogens with zero attached hydrogens (tertiary/aromatic N) is 4. The summed E-state index contributed by atoms with van der Waals surface area (Å²) in [6.45, 7) is 1.88. The molecule has 0 aliphatic heterocycles. The molecule has 3 aromatic rings. The molecule has 3 rings (SSSR count). The predicted octanol–water partition coefficient (Wildman–Crippen LogP) is 6.17. The third kappa shape index (κ3) is 5.51. The van der Waals surface area contributed by atoms with Gasteiger partial charge in [-0.05, 0) is 48.9 Å². The summed E-state index contributed by atoms with van der Waals surface area (Å²) < 4.78 is 46.6. The van der Waals surface area contributed by atoms with Gasteiger partial charge < -0.3 is 10.1 Å². The van der Waals surface area contributed by atoms with E-state index in [4.69, 9.17) is 10.3 Å². The molecule has 2 N–H and O–H groups in total. The lowest BCUT2D eigenvalue weighted by atomic mass is 10.1. The number of amides is 2. The van der Waals surface area contributed by atoms with Gasteiger partial charge in [-0.3, -0.25) is 4.68 Å². The topological polar surface area (TPSA) is 95.6 Å². The minimum atomic E-state index is -4.49. The molecule has 0 atom stereocenters. The molecule has 12 heteroatoms. The summed E-state index contributed by atoms with van der Waals surface area (Å²) in [5, 5.41) is 10.5. The highest BCUT2D eigenvalue weighted by Gasteiger charge is 2.35. The lowest BCUT2D eigenvalue weighted by Crippen LogP contribution is -2.26. The fourth-order valence-electron chi connectivity index (χ4n) is 3.06. The quantitative estimate of drug-likeness (QED) is 0.298. The van der Waals surface area contributed by atoms with E-state index in [9.17, 15) is 18.0 Å². The van der Waals surface area contributed by atoms with Crippen LogP contribution in [0, 0.1) is 12.5 Å². The smallest absolute Gasteiger partial charge is 0.433 e. The van der Waals surface area contributed by atoms with Crippen molar-refractivity contribution in [1.82, 2.24) is 14.8 Å². The number of benzene rings is 2. The average molecular weight is 525 g/mol. The van der Waals surface area contributed by atoms with Gasteiger partial charge >= 0.3 is 12.2 Å². The zero-order chi connectivity index (χ0) is 24.3. The molecule has 1 heterocycles. The molecule has 0 aliphatic carbocycles. The van der Waals surface area contributed by atoms with Crippen LogP contribution in [-0.4, -0.2) is 27.9 Å². The fraction of sp³-hybridized carbons (Fsp3) is 0.238. The van der Waals surface area contributed by atoms with Crippen LogP contribution in [0.15, 0.2) is 52.2 Å². The number of carbonyl (C=O) groups is 1. The maximum absolute atomic E-state index is 13.1. The van der Waals surface area contributed by atoms with E-state index in [1.54, 1.807) is 43.3 Å². The number of hydrogen-bond donors (Lipinski definition) is 2. The van der Waals surface area contributed by atoms with Gasteiger partial charge in [0.2, 0.25) is 0 Å². The van der Waals surface area contributed by atoms with E-state index < -0.39 is 17.9 Å². The zero-order valence-corrected chi connectivity index (χ0v) is 19.5. The molecular weight excluding hydrogens is 505 g/mol. The average Bonchev–Trinajstić information content (AvgIpc) is 3.15. The van der Waals surface area contributed by atoms with Gasteiger partial charge in [0.15, 0.2) is 0 Å². The van der Waals surface area contributed by atoms with Crippen LogP contribution in [0.1, 0.15) is 16.8 Å². The van der Waals surface area contributed by atoms with Crippen molar-refractivity contribution >= 4 is 27.6 Å². The number of anilines is 1. The highest BCUT2D eigenvalue weighted by molar-refractivity contribution is 9.10. The van der Waals surface area contributed by atoms with Crippen LogP contribution >= 0.6 is 15.9 Å². The van der Waals surface area contributed by atoms with Crippen molar-refractivity contribution < 1.29 is 22.7 Å².